The van der Waals surface area contributed by atoms with Crippen molar-refractivity contribution in [2.24, 2.45) is 0 Å². The van der Waals surface area contributed by atoms with Gasteiger partial charge in [-0.15, -0.1) is 0 Å². The van der Waals surface area contributed by atoms with Gasteiger partial charge in [-0.1, -0.05) is 11.6 Å². The number of nitrogens with one attached hydrogen (secondary N) is 2. The first-order valence-electron chi connectivity index (χ1n) is 6.18. The fourth-order valence-electron chi connectivity index (χ4n) is 1.95. The van der Waals surface area contributed by atoms with Crippen LogP contribution in [-0.2, 0) is 10.0 Å². The Morgan fingerprint density at radius 2 is 2.17 bits per heavy atom. The van der Waals surface area contributed by atoms with Gasteiger partial charge in [0.05, 0.1) is 39.8 Å². The lowest BCUT2D eigenvalue weighted by Crippen LogP contribution is -2.09. The SMILES string of the molecule is CS(=O)(=O)Nc1cc2nc(-n3cc(C(=O)O)cn3)[nH]c2cc1Cl. The van der Waals surface area contributed by atoms with Crippen LogP contribution in [-0.4, -0.2) is 45.5 Å². The molecule has 120 valence electrons. The molecule has 23 heavy (non-hydrogen) atoms. The van der Waals surface area contributed by atoms with Gasteiger partial charge in [-0.2, -0.15) is 5.10 Å². The monoisotopic (exact) mass is 355 g/mol. The number of aromatic carboxylic acids is 1. The van der Waals surface area contributed by atoms with E-state index >= 15 is 0 Å². The lowest BCUT2D eigenvalue weighted by atomic mass is 10.3. The Bertz CT molecular complexity index is 1020. The Kier molecular flexibility index (Phi) is 3.49. The topological polar surface area (TPSA) is 130 Å². The summed E-state index contributed by atoms with van der Waals surface area (Å²) in [6.45, 7) is 0. The van der Waals surface area contributed by atoms with Crippen LogP contribution in [0.15, 0.2) is 24.5 Å². The molecule has 0 saturated carbocycles. The molecule has 3 aromatic rings. The van der Waals surface area contributed by atoms with Crippen molar-refractivity contribution < 1.29 is 18.3 Å². The zero-order valence-corrected chi connectivity index (χ0v) is 13.2. The van der Waals surface area contributed by atoms with Crippen molar-refractivity contribution in [2.75, 3.05) is 11.0 Å². The standard InChI is InChI=1S/C12H10ClN5O4S/c1-23(21,22)17-8-3-10-9(2-7(8)13)15-12(16-10)18-5-6(4-14-18)11(19)20/h2-5,17H,1H3,(H,15,16)(H,19,20). The van der Waals surface area contributed by atoms with Gasteiger partial charge in [-0.25, -0.2) is 22.9 Å². The van der Waals surface area contributed by atoms with Crippen molar-refractivity contribution >= 4 is 44.3 Å². The fourth-order valence-corrected chi connectivity index (χ4v) is 2.79. The Hall–Kier alpha value is -2.59. The molecule has 0 spiro atoms. The van der Waals surface area contributed by atoms with Crippen LogP contribution in [0.4, 0.5) is 5.69 Å². The van der Waals surface area contributed by atoms with E-state index in [9.17, 15) is 13.2 Å². The molecule has 0 saturated heterocycles. The van der Waals surface area contributed by atoms with Crippen molar-refractivity contribution in [2.45, 2.75) is 0 Å². The van der Waals surface area contributed by atoms with Crippen LogP contribution in [0.25, 0.3) is 17.0 Å². The molecule has 9 nitrogen and oxygen atoms in total. The van der Waals surface area contributed by atoms with Crippen LogP contribution < -0.4 is 4.72 Å². The quantitative estimate of drug-likeness (QED) is 0.649. The predicted molar refractivity (Wildman–Crippen MR) is 83.7 cm³/mol. The van der Waals surface area contributed by atoms with E-state index in [-0.39, 0.29) is 22.2 Å². The number of imidazole rings is 1. The molecule has 2 heterocycles. The molecule has 0 amide bonds. The zero-order chi connectivity index (χ0) is 16.8. The number of hydrogen-bond donors (Lipinski definition) is 3. The number of nitrogens with zero attached hydrogens (tertiary/aromatic N) is 3. The molecule has 0 unspecified atom stereocenters. The summed E-state index contributed by atoms with van der Waals surface area (Å²) in [6.07, 6.45) is 3.51. The summed E-state index contributed by atoms with van der Waals surface area (Å²) in [5.41, 5.74) is 1.22. The van der Waals surface area contributed by atoms with E-state index in [4.69, 9.17) is 16.7 Å². The first-order chi connectivity index (χ1) is 10.7. The van der Waals surface area contributed by atoms with Crippen LogP contribution in [0, 0.1) is 0 Å². The molecule has 3 N–H and O–H groups in total. The molecular formula is C12H10ClN5O4S. The van der Waals surface area contributed by atoms with Crippen LogP contribution in [0.5, 0.6) is 0 Å². The average Bonchev–Trinajstić information content (AvgIpc) is 3.03. The molecule has 0 radical (unpaired) electrons. The smallest absolute Gasteiger partial charge is 0.338 e. The maximum atomic E-state index is 11.3. The third-order valence-electron chi connectivity index (χ3n) is 2.90. The number of carbonyl (C=O) groups is 1. The number of aromatic amines is 1. The number of carboxylic acid groups (broad SMARTS) is 1. The molecule has 11 heteroatoms. The summed E-state index contributed by atoms with van der Waals surface area (Å²) in [5, 5.41) is 13.0. The summed E-state index contributed by atoms with van der Waals surface area (Å²) < 4.78 is 26.2. The van der Waals surface area contributed by atoms with E-state index in [1.165, 1.54) is 29.2 Å². The minimum absolute atomic E-state index is 0.0166. The molecule has 0 aliphatic rings. The van der Waals surface area contributed by atoms with Crippen LogP contribution >= 0.6 is 11.6 Å². The number of fused-ring (bicyclic) bond motifs is 1. The van der Waals surface area contributed by atoms with Gasteiger partial charge in [-0.3, -0.25) is 4.72 Å². The first kappa shape index (κ1) is 15.3. The molecular weight excluding hydrogens is 346 g/mol. The number of hydrogen-bond acceptors (Lipinski definition) is 5. The summed E-state index contributed by atoms with van der Waals surface area (Å²) >= 11 is 6.04. The van der Waals surface area contributed by atoms with Crippen molar-refractivity contribution in [1.82, 2.24) is 19.7 Å². The number of halogens is 1. The number of H-pyrrole nitrogens is 1. The van der Waals surface area contributed by atoms with Gasteiger partial charge in [0, 0.05) is 6.20 Å². The predicted octanol–water partition coefficient (Wildman–Crippen LogP) is 1.47. The van der Waals surface area contributed by atoms with E-state index in [2.05, 4.69) is 19.8 Å². The van der Waals surface area contributed by atoms with Gasteiger partial charge >= 0.3 is 5.97 Å². The highest BCUT2D eigenvalue weighted by atomic mass is 35.5. The second kappa shape index (κ2) is 5.25. The lowest BCUT2D eigenvalue weighted by Gasteiger charge is -2.05. The van der Waals surface area contributed by atoms with Crippen LogP contribution in [0.3, 0.4) is 0 Å². The lowest BCUT2D eigenvalue weighted by molar-refractivity contribution is 0.0697. The Morgan fingerprint density at radius 3 is 2.78 bits per heavy atom. The van der Waals surface area contributed by atoms with E-state index in [0.29, 0.717) is 11.0 Å². The van der Waals surface area contributed by atoms with Crippen molar-refractivity contribution in [3.05, 3.63) is 35.1 Å². The number of sulfonamides is 1. The molecule has 0 bridgehead atoms. The highest BCUT2D eigenvalue weighted by Crippen LogP contribution is 2.28. The third kappa shape index (κ3) is 3.12. The molecule has 1 aromatic carbocycles. The van der Waals surface area contributed by atoms with Crippen LogP contribution in [0.2, 0.25) is 5.02 Å². The zero-order valence-electron chi connectivity index (χ0n) is 11.6. The maximum Gasteiger partial charge on any atom is 0.338 e. The summed E-state index contributed by atoms with van der Waals surface area (Å²) in [7, 11) is -3.48. The molecule has 0 fully saturated rings. The first-order valence-corrected chi connectivity index (χ1v) is 8.45. The van der Waals surface area contributed by atoms with E-state index in [0.717, 1.165) is 6.26 Å². The number of aromatic nitrogens is 4. The molecule has 0 aliphatic carbocycles. The highest BCUT2D eigenvalue weighted by Gasteiger charge is 2.13. The average molecular weight is 356 g/mol. The maximum absolute atomic E-state index is 11.3. The van der Waals surface area contributed by atoms with E-state index < -0.39 is 16.0 Å². The van der Waals surface area contributed by atoms with Gasteiger partial charge in [0.2, 0.25) is 16.0 Å². The van der Waals surface area contributed by atoms with Crippen molar-refractivity contribution in [3.8, 4) is 5.95 Å². The second-order valence-electron chi connectivity index (χ2n) is 4.76. The molecule has 3 rings (SSSR count). The molecule has 0 aliphatic heterocycles. The van der Waals surface area contributed by atoms with Crippen molar-refractivity contribution in [3.63, 3.8) is 0 Å². The van der Waals surface area contributed by atoms with Crippen LogP contribution in [0.1, 0.15) is 10.4 Å². The summed E-state index contributed by atoms with van der Waals surface area (Å²) in [5.74, 6) is -0.824. The van der Waals surface area contributed by atoms with E-state index in [1.54, 1.807) is 0 Å². The summed E-state index contributed by atoms with van der Waals surface area (Å²) in [6, 6.07) is 2.99. The highest BCUT2D eigenvalue weighted by molar-refractivity contribution is 7.92. The number of benzene rings is 1. The third-order valence-corrected chi connectivity index (χ3v) is 3.80. The van der Waals surface area contributed by atoms with E-state index in [1.807, 2.05) is 0 Å². The number of rotatable bonds is 4. The largest absolute Gasteiger partial charge is 0.478 e. The van der Waals surface area contributed by atoms with Gasteiger partial charge in [0.15, 0.2) is 0 Å². The number of anilines is 1. The number of carboxylic acids is 1. The minimum Gasteiger partial charge on any atom is -0.478 e. The Morgan fingerprint density at radius 1 is 1.43 bits per heavy atom. The Balaban J connectivity index is 2.06. The fraction of sp³-hybridized carbons (Fsp3) is 0.0833. The van der Waals surface area contributed by atoms with Gasteiger partial charge in [-0.05, 0) is 12.1 Å². The molecule has 2 aromatic heterocycles. The second-order valence-corrected chi connectivity index (χ2v) is 6.92. The normalized spacial score (nSPS) is 11.7. The molecule has 0 atom stereocenters. The summed E-state index contributed by atoms with van der Waals surface area (Å²) in [4.78, 5) is 18.0. The van der Waals surface area contributed by atoms with Crippen molar-refractivity contribution in [1.29, 1.82) is 0 Å². The Labute approximate surface area is 135 Å². The van der Waals surface area contributed by atoms with Gasteiger partial charge < -0.3 is 10.1 Å². The van der Waals surface area contributed by atoms with Gasteiger partial charge in [0.25, 0.3) is 0 Å². The minimum atomic E-state index is -3.48. The van der Waals surface area contributed by atoms with Gasteiger partial charge in [0.1, 0.15) is 0 Å².